The van der Waals surface area contributed by atoms with Gasteiger partial charge in [-0.05, 0) is 39.7 Å². The molecule has 0 aliphatic rings. The van der Waals surface area contributed by atoms with Gasteiger partial charge in [0.25, 0.3) is 0 Å². The molecule has 2 aromatic heterocycles. The van der Waals surface area contributed by atoms with Gasteiger partial charge >= 0.3 is 0 Å². The average molecular weight is 323 g/mol. The third kappa shape index (κ3) is 2.16. The van der Waals surface area contributed by atoms with Gasteiger partial charge in [-0.3, -0.25) is 4.98 Å². The molecule has 2 heterocycles. The van der Waals surface area contributed by atoms with Crippen LogP contribution in [0.5, 0.6) is 0 Å². The van der Waals surface area contributed by atoms with E-state index in [1.54, 1.807) is 18.7 Å². The van der Waals surface area contributed by atoms with Crippen LogP contribution in [0.2, 0.25) is 5.02 Å². The highest BCUT2D eigenvalue weighted by Gasteiger charge is 2.07. The molecule has 0 aliphatic heterocycles. The fourth-order valence-corrected chi connectivity index (χ4v) is 2.39. The monoisotopic (exact) mass is 321 g/mol. The Balaban J connectivity index is 1.98. The van der Waals surface area contributed by atoms with E-state index in [0.717, 1.165) is 38.0 Å². The van der Waals surface area contributed by atoms with Gasteiger partial charge in [0, 0.05) is 28.0 Å². The maximum Gasteiger partial charge on any atom is 0.152 e. The maximum absolute atomic E-state index is 6.09. The predicted octanol–water partition coefficient (Wildman–Crippen LogP) is 4.83. The molecule has 0 N–H and O–H groups in total. The first-order valence-electron chi connectivity index (χ1n) is 5.48. The van der Waals surface area contributed by atoms with Gasteiger partial charge < -0.3 is 4.42 Å². The van der Waals surface area contributed by atoms with Crippen LogP contribution in [0.4, 0.5) is 0 Å². The number of hydrogen-bond acceptors (Lipinski definition) is 2. The van der Waals surface area contributed by atoms with E-state index in [2.05, 4.69) is 27.0 Å². The van der Waals surface area contributed by atoms with Crippen LogP contribution in [0, 0.1) is 0 Å². The molecule has 3 aromatic rings. The minimum Gasteiger partial charge on any atom is -0.462 e. The number of pyridine rings is 1. The molecule has 0 fully saturated rings. The van der Waals surface area contributed by atoms with E-state index in [1.807, 2.05) is 18.2 Å². The van der Waals surface area contributed by atoms with Gasteiger partial charge in [-0.15, -0.1) is 0 Å². The zero-order chi connectivity index (χ0) is 12.5. The standard InChI is InChI=1S/C14H9BrClNO/c15-12-2-1-9(6-13(12)16)5-10-8-18-14-7-17-4-3-11(10)14/h1-4,6-8H,5H2. The van der Waals surface area contributed by atoms with Crippen LogP contribution in [-0.2, 0) is 6.42 Å². The van der Waals surface area contributed by atoms with Crippen molar-refractivity contribution in [2.24, 2.45) is 0 Å². The second kappa shape index (κ2) is 4.75. The minimum absolute atomic E-state index is 0.724. The molecule has 0 saturated carbocycles. The molecule has 18 heavy (non-hydrogen) atoms. The molecule has 0 amide bonds. The summed E-state index contributed by atoms with van der Waals surface area (Å²) in [5.74, 6) is 0. The summed E-state index contributed by atoms with van der Waals surface area (Å²) in [6.07, 6.45) is 6.08. The van der Waals surface area contributed by atoms with Crippen molar-refractivity contribution in [3.63, 3.8) is 0 Å². The quantitative estimate of drug-likeness (QED) is 0.675. The molecular formula is C14H9BrClNO. The first kappa shape index (κ1) is 11.8. The highest BCUT2D eigenvalue weighted by atomic mass is 79.9. The van der Waals surface area contributed by atoms with Crippen LogP contribution >= 0.6 is 27.5 Å². The van der Waals surface area contributed by atoms with Crippen LogP contribution in [-0.4, -0.2) is 4.98 Å². The van der Waals surface area contributed by atoms with E-state index in [0.29, 0.717) is 0 Å². The van der Waals surface area contributed by atoms with Gasteiger partial charge in [0.2, 0.25) is 0 Å². The Morgan fingerprint density at radius 3 is 3.00 bits per heavy atom. The molecule has 90 valence electrons. The number of rotatable bonds is 2. The summed E-state index contributed by atoms with van der Waals surface area (Å²) in [5.41, 5.74) is 3.12. The third-order valence-electron chi connectivity index (χ3n) is 2.84. The molecule has 0 atom stereocenters. The van der Waals surface area contributed by atoms with E-state index in [1.165, 1.54) is 0 Å². The van der Waals surface area contributed by atoms with Crippen LogP contribution < -0.4 is 0 Å². The third-order valence-corrected chi connectivity index (χ3v) is 4.07. The zero-order valence-corrected chi connectivity index (χ0v) is 11.7. The molecule has 0 spiro atoms. The zero-order valence-electron chi connectivity index (χ0n) is 9.36. The Morgan fingerprint density at radius 2 is 2.17 bits per heavy atom. The molecule has 0 unspecified atom stereocenters. The lowest BCUT2D eigenvalue weighted by atomic mass is 10.1. The number of benzene rings is 1. The summed E-state index contributed by atoms with van der Waals surface area (Å²) in [7, 11) is 0. The summed E-state index contributed by atoms with van der Waals surface area (Å²) < 4.78 is 6.38. The maximum atomic E-state index is 6.09. The number of hydrogen-bond donors (Lipinski definition) is 0. The summed E-state index contributed by atoms with van der Waals surface area (Å²) in [6, 6.07) is 7.94. The Hall–Kier alpha value is -1.32. The summed E-state index contributed by atoms with van der Waals surface area (Å²) in [6.45, 7) is 0. The van der Waals surface area contributed by atoms with Crippen molar-refractivity contribution in [3.05, 3.63) is 63.5 Å². The minimum atomic E-state index is 0.724. The van der Waals surface area contributed by atoms with Crippen LogP contribution in [0.3, 0.4) is 0 Å². The van der Waals surface area contributed by atoms with E-state index in [-0.39, 0.29) is 0 Å². The number of aromatic nitrogens is 1. The molecule has 0 radical (unpaired) electrons. The van der Waals surface area contributed by atoms with Crippen LogP contribution in [0.25, 0.3) is 11.0 Å². The largest absolute Gasteiger partial charge is 0.462 e. The summed E-state index contributed by atoms with van der Waals surface area (Å²) in [4.78, 5) is 4.04. The van der Waals surface area contributed by atoms with E-state index >= 15 is 0 Å². The second-order valence-electron chi connectivity index (χ2n) is 4.06. The second-order valence-corrected chi connectivity index (χ2v) is 5.32. The fourth-order valence-electron chi connectivity index (χ4n) is 1.94. The Kier molecular flexibility index (Phi) is 3.10. The summed E-state index contributed by atoms with van der Waals surface area (Å²) in [5, 5.41) is 1.83. The van der Waals surface area contributed by atoms with Gasteiger partial charge in [0.15, 0.2) is 5.58 Å². The van der Waals surface area contributed by atoms with Crippen molar-refractivity contribution >= 4 is 38.5 Å². The topological polar surface area (TPSA) is 26.0 Å². The molecule has 0 aliphatic carbocycles. The first-order valence-corrected chi connectivity index (χ1v) is 6.65. The van der Waals surface area contributed by atoms with Gasteiger partial charge in [0.05, 0.1) is 17.5 Å². The Labute approximate surface area is 118 Å². The predicted molar refractivity (Wildman–Crippen MR) is 76.0 cm³/mol. The smallest absolute Gasteiger partial charge is 0.152 e. The van der Waals surface area contributed by atoms with Gasteiger partial charge in [-0.1, -0.05) is 17.7 Å². The van der Waals surface area contributed by atoms with Crippen molar-refractivity contribution in [1.29, 1.82) is 0 Å². The van der Waals surface area contributed by atoms with Crippen molar-refractivity contribution < 1.29 is 4.42 Å². The number of fused-ring (bicyclic) bond motifs is 1. The lowest BCUT2D eigenvalue weighted by Crippen LogP contribution is -1.87. The molecule has 1 aromatic carbocycles. The van der Waals surface area contributed by atoms with Crippen molar-refractivity contribution in [2.75, 3.05) is 0 Å². The van der Waals surface area contributed by atoms with E-state index in [9.17, 15) is 0 Å². The Morgan fingerprint density at radius 1 is 1.28 bits per heavy atom. The number of nitrogens with zero attached hydrogens (tertiary/aromatic N) is 1. The normalized spacial score (nSPS) is 11.0. The van der Waals surface area contributed by atoms with Crippen molar-refractivity contribution in [1.82, 2.24) is 4.98 Å². The van der Waals surface area contributed by atoms with E-state index < -0.39 is 0 Å². The highest BCUT2D eigenvalue weighted by Crippen LogP contribution is 2.27. The average Bonchev–Trinajstić information content (AvgIpc) is 2.78. The van der Waals surface area contributed by atoms with Crippen LogP contribution in [0.1, 0.15) is 11.1 Å². The van der Waals surface area contributed by atoms with E-state index in [4.69, 9.17) is 16.0 Å². The molecule has 0 bridgehead atoms. The lowest BCUT2D eigenvalue weighted by molar-refractivity contribution is 0.610. The number of furan rings is 1. The molecular weight excluding hydrogens is 314 g/mol. The lowest BCUT2D eigenvalue weighted by Gasteiger charge is -2.02. The molecule has 2 nitrogen and oxygen atoms in total. The molecule has 4 heteroatoms. The Bertz CT molecular complexity index is 708. The first-order chi connectivity index (χ1) is 8.74. The van der Waals surface area contributed by atoms with Crippen molar-refractivity contribution in [3.8, 4) is 0 Å². The van der Waals surface area contributed by atoms with Crippen molar-refractivity contribution in [2.45, 2.75) is 6.42 Å². The number of halogens is 2. The van der Waals surface area contributed by atoms with Gasteiger partial charge in [0.1, 0.15) is 0 Å². The SMILES string of the molecule is Clc1cc(Cc2coc3cnccc23)ccc1Br. The fraction of sp³-hybridized carbons (Fsp3) is 0.0714. The van der Waals surface area contributed by atoms with Crippen LogP contribution in [0.15, 0.2) is 51.8 Å². The molecule has 3 rings (SSSR count). The highest BCUT2D eigenvalue weighted by molar-refractivity contribution is 9.10. The van der Waals surface area contributed by atoms with Gasteiger partial charge in [-0.2, -0.15) is 0 Å². The van der Waals surface area contributed by atoms with Gasteiger partial charge in [-0.25, -0.2) is 0 Å². The summed E-state index contributed by atoms with van der Waals surface area (Å²) >= 11 is 9.48. The molecule has 0 saturated heterocycles.